The van der Waals surface area contributed by atoms with Crippen LogP contribution in [0.5, 0.6) is 0 Å². The summed E-state index contributed by atoms with van der Waals surface area (Å²) in [5.41, 5.74) is 0. The molecule has 1 aliphatic heterocycles. The number of hydrogen-bond donors (Lipinski definition) is 2. The van der Waals surface area contributed by atoms with Crippen LogP contribution in [0.25, 0.3) is 0 Å². The van der Waals surface area contributed by atoms with E-state index in [1.54, 1.807) is 0 Å². The zero-order valence-electron chi connectivity index (χ0n) is 14.1. The summed E-state index contributed by atoms with van der Waals surface area (Å²) in [7, 11) is 2.31. The SMILES string of the molecule is CN(CCNC1CCCC1C1COCCN1)C1CCCC1.Cl. The van der Waals surface area contributed by atoms with Crippen LogP contribution < -0.4 is 10.6 Å². The Kier molecular flexibility index (Phi) is 7.92. The van der Waals surface area contributed by atoms with Gasteiger partial charge in [0.05, 0.1) is 13.2 Å². The molecular weight excluding hydrogens is 298 g/mol. The van der Waals surface area contributed by atoms with Crippen molar-refractivity contribution >= 4 is 12.4 Å². The van der Waals surface area contributed by atoms with Crippen LogP contribution in [0.4, 0.5) is 0 Å². The topological polar surface area (TPSA) is 36.5 Å². The van der Waals surface area contributed by atoms with Gasteiger partial charge in [-0.05, 0) is 38.6 Å². The van der Waals surface area contributed by atoms with Gasteiger partial charge in [-0.1, -0.05) is 19.3 Å². The van der Waals surface area contributed by atoms with Gasteiger partial charge in [0.25, 0.3) is 0 Å². The third-order valence-corrected chi connectivity index (χ3v) is 5.86. The molecule has 0 aromatic rings. The molecule has 3 atom stereocenters. The van der Waals surface area contributed by atoms with Gasteiger partial charge in [-0.3, -0.25) is 0 Å². The highest BCUT2D eigenvalue weighted by molar-refractivity contribution is 5.85. The smallest absolute Gasteiger partial charge is 0.0623 e. The summed E-state index contributed by atoms with van der Waals surface area (Å²) in [6.45, 7) is 5.15. The minimum atomic E-state index is 0. The molecule has 2 N–H and O–H groups in total. The van der Waals surface area contributed by atoms with Crippen molar-refractivity contribution in [1.29, 1.82) is 0 Å². The van der Waals surface area contributed by atoms with Crippen molar-refractivity contribution in [2.75, 3.05) is 39.9 Å². The first-order valence-electron chi connectivity index (χ1n) is 9.09. The maximum Gasteiger partial charge on any atom is 0.0623 e. The molecule has 5 heteroatoms. The minimum Gasteiger partial charge on any atom is -0.379 e. The lowest BCUT2D eigenvalue weighted by molar-refractivity contribution is 0.0523. The number of likely N-dealkylation sites (N-methyl/N-ethyl adjacent to an activating group) is 1. The average molecular weight is 332 g/mol. The van der Waals surface area contributed by atoms with E-state index in [-0.39, 0.29) is 12.4 Å². The monoisotopic (exact) mass is 331 g/mol. The fourth-order valence-electron chi connectivity index (χ4n) is 4.54. The third kappa shape index (κ3) is 4.81. The predicted octanol–water partition coefficient (Wildman–Crippen LogP) is 2.03. The molecule has 4 nitrogen and oxygen atoms in total. The largest absolute Gasteiger partial charge is 0.379 e. The van der Waals surface area contributed by atoms with Gasteiger partial charge in [0.2, 0.25) is 0 Å². The molecule has 2 aliphatic carbocycles. The summed E-state index contributed by atoms with van der Waals surface area (Å²) in [6, 6.07) is 2.12. The van der Waals surface area contributed by atoms with Crippen LogP contribution in [0.2, 0.25) is 0 Å². The van der Waals surface area contributed by atoms with E-state index >= 15 is 0 Å². The summed E-state index contributed by atoms with van der Waals surface area (Å²) in [5, 5.41) is 7.51. The van der Waals surface area contributed by atoms with Crippen LogP contribution in [-0.2, 0) is 4.74 Å². The highest BCUT2D eigenvalue weighted by Crippen LogP contribution is 2.29. The zero-order chi connectivity index (χ0) is 14.5. The van der Waals surface area contributed by atoms with E-state index in [4.69, 9.17) is 4.74 Å². The number of halogens is 1. The van der Waals surface area contributed by atoms with E-state index in [0.29, 0.717) is 12.1 Å². The number of nitrogens with zero attached hydrogens (tertiary/aromatic N) is 1. The van der Waals surface area contributed by atoms with Gasteiger partial charge >= 0.3 is 0 Å². The molecule has 22 heavy (non-hydrogen) atoms. The van der Waals surface area contributed by atoms with Crippen LogP contribution >= 0.6 is 12.4 Å². The van der Waals surface area contributed by atoms with E-state index in [9.17, 15) is 0 Å². The molecule has 130 valence electrons. The Bertz CT molecular complexity index is 306. The Hall–Kier alpha value is 0.130. The summed E-state index contributed by atoms with van der Waals surface area (Å²) in [5.74, 6) is 0.766. The Morgan fingerprint density at radius 3 is 2.68 bits per heavy atom. The Morgan fingerprint density at radius 2 is 1.95 bits per heavy atom. The number of nitrogens with one attached hydrogen (secondary N) is 2. The number of hydrogen-bond acceptors (Lipinski definition) is 4. The van der Waals surface area contributed by atoms with E-state index in [1.165, 1.54) is 51.5 Å². The second kappa shape index (κ2) is 9.43. The number of ether oxygens (including phenoxy) is 1. The first-order chi connectivity index (χ1) is 10.3. The standard InChI is InChI=1S/C17H33N3O.ClH/c1-20(14-5-2-3-6-14)11-9-18-16-8-4-7-15(16)17-13-21-12-10-19-17;/h14-19H,2-13H2,1H3;1H. The lowest BCUT2D eigenvalue weighted by Crippen LogP contribution is -2.51. The van der Waals surface area contributed by atoms with E-state index in [2.05, 4.69) is 22.6 Å². The minimum absolute atomic E-state index is 0. The Labute approximate surface area is 142 Å². The summed E-state index contributed by atoms with van der Waals surface area (Å²) < 4.78 is 5.65. The fourth-order valence-corrected chi connectivity index (χ4v) is 4.54. The van der Waals surface area contributed by atoms with E-state index in [1.807, 2.05) is 0 Å². The molecule has 0 bridgehead atoms. The molecule has 3 fully saturated rings. The number of rotatable bonds is 6. The molecule has 2 saturated carbocycles. The number of morpholine rings is 1. The zero-order valence-corrected chi connectivity index (χ0v) is 14.9. The molecule has 0 spiro atoms. The summed E-state index contributed by atoms with van der Waals surface area (Å²) >= 11 is 0. The highest BCUT2D eigenvalue weighted by atomic mass is 35.5. The second-order valence-electron chi connectivity index (χ2n) is 7.21. The van der Waals surface area contributed by atoms with Gasteiger partial charge in [-0.2, -0.15) is 0 Å². The van der Waals surface area contributed by atoms with Crippen molar-refractivity contribution in [3.8, 4) is 0 Å². The molecule has 3 aliphatic rings. The van der Waals surface area contributed by atoms with Crippen molar-refractivity contribution < 1.29 is 4.74 Å². The first kappa shape index (κ1) is 18.5. The lowest BCUT2D eigenvalue weighted by Gasteiger charge is -2.33. The molecular formula is C17H34ClN3O. The maximum absolute atomic E-state index is 5.65. The molecule has 0 aromatic carbocycles. The van der Waals surface area contributed by atoms with Crippen molar-refractivity contribution in [2.24, 2.45) is 5.92 Å². The van der Waals surface area contributed by atoms with Crippen molar-refractivity contribution in [3.63, 3.8) is 0 Å². The highest BCUT2D eigenvalue weighted by Gasteiger charge is 2.34. The van der Waals surface area contributed by atoms with Crippen molar-refractivity contribution in [1.82, 2.24) is 15.5 Å². The van der Waals surface area contributed by atoms with Crippen LogP contribution in [0.1, 0.15) is 44.9 Å². The summed E-state index contributed by atoms with van der Waals surface area (Å²) in [6.07, 6.45) is 9.75. The molecule has 0 radical (unpaired) electrons. The van der Waals surface area contributed by atoms with E-state index < -0.39 is 0 Å². The van der Waals surface area contributed by atoms with Gasteiger partial charge in [-0.15, -0.1) is 12.4 Å². The molecule has 1 saturated heterocycles. The van der Waals surface area contributed by atoms with Crippen molar-refractivity contribution in [3.05, 3.63) is 0 Å². The predicted molar refractivity (Wildman–Crippen MR) is 93.9 cm³/mol. The van der Waals surface area contributed by atoms with Crippen LogP contribution in [0.15, 0.2) is 0 Å². The molecule has 0 amide bonds. The van der Waals surface area contributed by atoms with Crippen LogP contribution in [0, 0.1) is 5.92 Å². The fraction of sp³-hybridized carbons (Fsp3) is 1.00. The summed E-state index contributed by atoms with van der Waals surface area (Å²) in [4.78, 5) is 2.58. The molecule has 0 aromatic heterocycles. The maximum atomic E-state index is 5.65. The first-order valence-corrected chi connectivity index (χ1v) is 9.09. The van der Waals surface area contributed by atoms with Gasteiger partial charge in [0, 0.05) is 37.8 Å². The Balaban J connectivity index is 0.00000176. The molecule has 1 heterocycles. The second-order valence-corrected chi connectivity index (χ2v) is 7.21. The van der Waals surface area contributed by atoms with Crippen LogP contribution in [-0.4, -0.2) is 62.9 Å². The van der Waals surface area contributed by atoms with Gasteiger partial charge in [0.1, 0.15) is 0 Å². The third-order valence-electron chi connectivity index (χ3n) is 5.86. The van der Waals surface area contributed by atoms with Gasteiger partial charge < -0.3 is 20.3 Å². The van der Waals surface area contributed by atoms with Crippen molar-refractivity contribution in [2.45, 2.75) is 63.1 Å². The molecule has 3 unspecified atom stereocenters. The normalized spacial score (nSPS) is 33.3. The quantitative estimate of drug-likeness (QED) is 0.781. The average Bonchev–Trinajstić information content (AvgIpc) is 3.20. The van der Waals surface area contributed by atoms with Gasteiger partial charge in [0.15, 0.2) is 0 Å². The lowest BCUT2D eigenvalue weighted by atomic mass is 9.94. The molecule has 3 rings (SSSR count). The van der Waals surface area contributed by atoms with E-state index in [0.717, 1.165) is 38.3 Å². The Morgan fingerprint density at radius 1 is 1.14 bits per heavy atom. The van der Waals surface area contributed by atoms with Gasteiger partial charge in [-0.25, -0.2) is 0 Å². The van der Waals surface area contributed by atoms with Crippen LogP contribution in [0.3, 0.4) is 0 Å².